The first-order chi connectivity index (χ1) is 8.99. The molecule has 2 rings (SSSR count). The van der Waals surface area contributed by atoms with Gasteiger partial charge < -0.3 is 15.7 Å². The predicted molar refractivity (Wildman–Crippen MR) is 72.3 cm³/mol. The molecule has 0 fully saturated rings. The number of hydrogen-bond acceptors (Lipinski definition) is 3. The highest BCUT2D eigenvalue weighted by Gasteiger charge is 2.15. The van der Waals surface area contributed by atoms with Gasteiger partial charge in [0, 0.05) is 18.4 Å². The molecule has 0 atom stereocenters. The monoisotopic (exact) mass is 260 g/mol. The van der Waals surface area contributed by atoms with Crippen molar-refractivity contribution in [2.45, 2.75) is 0 Å². The first kappa shape index (κ1) is 12.9. The van der Waals surface area contributed by atoms with Crippen LogP contribution in [0.2, 0.25) is 0 Å². The molecule has 0 saturated carbocycles. The SMILES string of the molecule is CN(c1ccc(F)cc1)c1cc(N)ccc1C(=O)O. The Bertz CT molecular complexity index is 611. The van der Waals surface area contributed by atoms with E-state index in [0.29, 0.717) is 17.1 Å². The summed E-state index contributed by atoms with van der Waals surface area (Å²) in [6, 6.07) is 10.3. The third-order valence-electron chi connectivity index (χ3n) is 2.83. The number of nitrogen functional groups attached to an aromatic ring is 1. The molecule has 0 spiro atoms. The predicted octanol–water partition coefficient (Wildman–Crippen LogP) is 2.87. The minimum absolute atomic E-state index is 0.140. The van der Waals surface area contributed by atoms with Crippen LogP contribution in [-0.2, 0) is 0 Å². The Hall–Kier alpha value is -2.56. The van der Waals surface area contributed by atoms with Crippen molar-refractivity contribution in [2.24, 2.45) is 0 Å². The highest BCUT2D eigenvalue weighted by Crippen LogP contribution is 2.29. The van der Waals surface area contributed by atoms with Crippen LogP contribution in [0.15, 0.2) is 42.5 Å². The highest BCUT2D eigenvalue weighted by molar-refractivity contribution is 5.96. The van der Waals surface area contributed by atoms with Crippen LogP contribution in [0.1, 0.15) is 10.4 Å². The van der Waals surface area contributed by atoms with Crippen LogP contribution in [0.5, 0.6) is 0 Å². The van der Waals surface area contributed by atoms with Crippen molar-refractivity contribution >= 4 is 23.0 Å². The van der Waals surface area contributed by atoms with Gasteiger partial charge in [-0.2, -0.15) is 0 Å². The fraction of sp³-hybridized carbons (Fsp3) is 0.0714. The maximum atomic E-state index is 12.9. The van der Waals surface area contributed by atoms with Gasteiger partial charge in [0.15, 0.2) is 0 Å². The number of anilines is 3. The van der Waals surface area contributed by atoms with E-state index in [4.69, 9.17) is 10.8 Å². The van der Waals surface area contributed by atoms with Gasteiger partial charge in [0.25, 0.3) is 0 Å². The van der Waals surface area contributed by atoms with Crippen LogP contribution in [0.4, 0.5) is 21.5 Å². The van der Waals surface area contributed by atoms with Crippen LogP contribution in [0.25, 0.3) is 0 Å². The van der Waals surface area contributed by atoms with Crippen LogP contribution < -0.4 is 10.6 Å². The van der Waals surface area contributed by atoms with Crippen molar-refractivity contribution in [1.29, 1.82) is 0 Å². The number of aromatic carboxylic acids is 1. The zero-order valence-electron chi connectivity index (χ0n) is 10.3. The fourth-order valence-corrected chi connectivity index (χ4v) is 1.81. The minimum atomic E-state index is -1.04. The molecule has 0 unspecified atom stereocenters. The summed E-state index contributed by atoms with van der Waals surface area (Å²) in [6.45, 7) is 0. The Balaban J connectivity index is 2.48. The molecule has 2 aromatic rings. The second kappa shape index (κ2) is 4.97. The van der Waals surface area contributed by atoms with E-state index in [1.54, 1.807) is 30.1 Å². The van der Waals surface area contributed by atoms with Gasteiger partial charge in [-0.3, -0.25) is 0 Å². The number of nitrogens with two attached hydrogens (primary N) is 1. The zero-order valence-corrected chi connectivity index (χ0v) is 10.3. The molecule has 98 valence electrons. The average Bonchev–Trinajstić information content (AvgIpc) is 2.38. The molecule has 4 nitrogen and oxygen atoms in total. The standard InChI is InChI=1S/C14H13FN2O2/c1-17(11-5-2-9(15)3-6-11)13-8-10(16)4-7-12(13)14(18)19/h2-8H,16H2,1H3,(H,18,19). The molecular formula is C14H13FN2O2. The minimum Gasteiger partial charge on any atom is -0.478 e. The second-order valence-electron chi connectivity index (χ2n) is 4.12. The molecule has 5 heteroatoms. The van der Waals surface area contributed by atoms with Crippen molar-refractivity contribution in [3.8, 4) is 0 Å². The lowest BCUT2D eigenvalue weighted by Gasteiger charge is -2.21. The smallest absolute Gasteiger partial charge is 0.337 e. The number of carbonyl (C=O) groups is 1. The fourth-order valence-electron chi connectivity index (χ4n) is 1.81. The van der Waals surface area contributed by atoms with E-state index in [-0.39, 0.29) is 11.4 Å². The Morgan fingerprint density at radius 3 is 2.42 bits per heavy atom. The van der Waals surface area contributed by atoms with Crippen molar-refractivity contribution < 1.29 is 14.3 Å². The Labute approximate surface area is 109 Å². The average molecular weight is 260 g/mol. The highest BCUT2D eigenvalue weighted by atomic mass is 19.1. The number of carboxylic acid groups (broad SMARTS) is 1. The van der Waals surface area contributed by atoms with Crippen LogP contribution in [0, 0.1) is 5.82 Å². The van der Waals surface area contributed by atoms with Gasteiger partial charge in [0.05, 0.1) is 11.3 Å². The van der Waals surface area contributed by atoms with Crippen LogP contribution in [0.3, 0.4) is 0 Å². The van der Waals surface area contributed by atoms with E-state index in [2.05, 4.69) is 0 Å². The number of carboxylic acids is 1. The lowest BCUT2D eigenvalue weighted by Crippen LogP contribution is -2.14. The zero-order chi connectivity index (χ0) is 14.0. The van der Waals surface area contributed by atoms with Crippen molar-refractivity contribution in [3.05, 3.63) is 53.8 Å². The lowest BCUT2D eigenvalue weighted by molar-refractivity contribution is 0.0697. The molecule has 0 aliphatic heterocycles. The van der Waals surface area contributed by atoms with Crippen molar-refractivity contribution in [3.63, 3.8) is 0 Å². The molecule has 0 amide bonds. The summed E-state index contributed by atoms with van der Waals surface area (Å²) in [5, 5.41) is 9.17. The van der Waals surface area contributed by atoms with Gasteiger partial charge in [0.1, 0.15) is 5.82 Å². The molecule has 0 bridgehead atoms. The molecule has 3 N–H and O–H groups in total. The summed E-state index contributed by atoms with van der Waals surface area (Å²) < 4.78 is 12.9. The Morgan fingerprint density at radius 2 is 1.84 bits per heavy atom. The topological polar surface area (TPSA) is 66.6 Å². The third-order valence-corrected chi connectivity index (χ3v) is 2.83. The molecule has 0 aliphatic rings. The molecule has 0 heterocycles. The van der Waals surface area contributed by atoms with Gasteiger partial charge in [0.2, 0.25) is 0 Å². The maximum Gasteiger partial charge on any atom is 0.337 e. The molecule has 0 aliphatic carbocycles. The molecule has 0 aromatic heterocycles. The number of benzene rings is 2. The van der Waals surface area contributed by atoms with E-state index in [9.17, 15) is 9.18 Å². The Morgan fingerprint density at radius 1 is 1.21 bits per heavy atom. The maximum absolute atomic E-state index is 12.9. The molecule has 2 aromatic carbocycles. The van der Waals surface area contributed by atoms with Gasteiger partial charge >= 0.3 is 5.97 Å². The summed E-state index contributed by atoms with van der Waals surface area (Å²) in [6.07, 6.45) is 0. The summed E-state index contributed by atoms with van der Waals surface area (Å²) in [7, 11) is 1.70. The summed E-state index contributed by atoms with van der Waals surface area (Å²) >= 11 is 0. The van der Waals surface area contributed by atoms with Crippen LogP contribution in [-0.4, -0.2) is 18.1 Å². The van der Waals surface area contributed by atoms with Crippen molar-refractivity contribution in [1.82, 2.24) is 0 Å². The van der Waals surface area contributed by atoms with Crippen LogP contribution >= 0.6 is 0 Å². The van der Waals surface area contributed by atoms with E-state index < -0.39 is 5.97 Å². The first-order valence-corrected chi connectivity index (χ1v) is 5.61. The van der Waals surface area contributed by atoms with Gasteiger partial charge in [-0.25, -0.2) is 9.18 Å². The quantitative estimate of drug-likeness (QED) is 0.833. The number of hydrogen-bond donors (Lipinski definition) is 2. The van der Waals surface area contributed by atoms with E-state index in [0.717, 1.165) is 0 Å². The molecule has 0 radical (unpaired) electrons. The van der Waals surface area contributed by atoms with Gasteiger partial charge in [-0.15, -0.1) is 0 Å². The van der Waals surface area contributed by atoms with Gasteiger partial charge in [-0.1, -0.05) is 0 Å². The summed E-state index contributed by atoms with van der Waals surface area (Å²) in [5.41, 5.74) is 7.43. The molecule has 19 heavy (non-hydrogen) atoms. The third kappa shape index (κ3) is 2.65. The summed E-state index contributed by atoms with van der Waals surface area (Å²) in [4.78, 5) is 12.8. The number of rotatable bonds is 3. The first-order valence-electron chi connectivity index (χ1n) is 5.61. The molecule has 0 saturated heterocycles. The van der Waals surface area contributed by atoms with E-state index >= 15 is 0 Å². The number of nitrogens with zero attached hydrogens (tertiary/aromatic N) is 1. The van der Waals surface area contributed by atoms with E-state index in [1.807, 2.05) is 0 Å². The second-order valence-corrected chi connectivity index (χ2v) is 4.12. The van der Waals surface area contributed by atoms with Gasteiger partial charge in [-0.05, 0) is 42.5 Å². The lowest BCUT2D eigenvalue weighted by atomic mass is 10.1. The Kier molecular flexibility index (Phi) is 3.37. The summed E-state index contributed by atoms with van der Waals surface area (Å²) in [5.74, 6) is -1.38. The number of halogens is 1. The van der Waals surface area contributed by atoms with E-state index in [1.165, 1.54) is 24.3 Å². The normalized spacial score (nSPS) is 10.2. The molecular weight excluding hydrogens is 247 g/mol. The largest absolute Gasteiger partial charge is 0.478 e. The van der Waals surface area contributed by atoms with Crippen molar-refractivity contribution in [2.75, 3.05) is 17.7 Å².